The third-order valence-corrected chi connectivity index (χ3v) is 6.81. The van der Waals surface area contributed by atoms with Crippen LogP contribution in [0.15, 0.2) is 0 Å². The average Bonchev–Trinajstić information content (AvgIpc) is 2.81. The van der Waals surface area contributed by atoms with Crippen LogP contribution in [0.5, 0.6) is 0 Å². The summed E-state index contributed by atoms with van der Waals surface area (Å²) in [5.74, 6) is 0. The summed E-state index contributed by atoms with van der Waals surface area (Å²) in [5, 5.41) is 123. The molecule has 0 spiro atoms. The molecule has 3 rings (SSSR count). The molecular formula is C18H32O16. The van der Waals surface area contributed by atoms with Gasteiger partial charge in [0.1, 0.15) is 54.9 Å². The lowest BCUT2D eigenvalue weighted by Gasteiger charge is -2.59. The molecule has 0 aromatic heterocycles. The van der Waals surface area contributed by atoms with Crippen LogP contribution in [-0.2, 0) is 18.9 Å². The molecule has 0 saturated carbocycles. The van der Waals surface area contributed by atoms with Gasteiger partial charge in [0.05, 0.1) is 19.3 Å². The van der Waals surface area contributed by atoms with Crippen molar-refractivity contribution in [3.63, 3.8) is 0 Å². The highest BCUT2D eigenvalue weighted by molar-refractivity contribution is 5.20. The molecule has 200 valence electrons. The monoisotopic (exact) mass is 504 g/mol. The lowest BCUT2D eigenvalue weighted by molar-refractivity contribution is -0.420. The maximum atomic E-state index is 11.3. The number of rotatable bonds is 5. The smallest absolute Gasteiger partial charge is 0.187 e. The van der Waals surface area contributed by atoms with Crippen LogP contribution in [0.4, 0.5) is 0 Å². The van der Waals surface area contributed by atoms with Crippen molar-refractivity contribution in [3.8, 4) is 0 Å². The Morgan fingerprint density at radius 1 is 0.676 bits per heavy atom. The fourth-order valence-electron chi connectivity index (χ4n) is 4.74. The van der Waals surface area contributed by atoms with Gasteiger partial charge in [0.2, 0.25) is 0 Å². The molecule has 15 atom stereocenters. The van der Waals surface area contributed by atoms with Gasteiger partial charge in [0.15, 0.2) is 30.1 Å². The normalized spacial score (nSPS) is 56.9. The van der Waals surface area contributed by atoms with Crippen molar-refractivity contribution in [2.24, 2.45) is 0 Å². The zero-order valence-corrected chi connectivity index (χ0v) is 17.9. The van der Waals surface area contributed by atoms with Gasteiger partial charge < -0.3 is 80.2 Å². The van der Waals surface area contributed by atoms with E-state index in [4.69, 9.17) is 18.9 Å². The summed E-state index contributed by atoms with van der Waals surface area (Å²) in [6.45, 7) is -0.916. The highest BCUT2D eigenvalue weighted by Gasteiger charge is 2.72. The van der Waals surface area contributed by atoms with Crippen molar-refractivity contribution >= 4 is 0 Å². The van der Waals surface area contributed by atoms with Gasteiger partial charge in [0, 0.05) is 0 Å². The molecule has 0 aromatic carbocycles. The van der Waals surface area contributed by atoms with Gasteiger partial charge in [0.25, 0.3) is 0 Å². The van der Waals surface area contributed by atoms with E-state index in [1.165, 1.54) is 0 Å². The van der Waals surface area contributed by atoms with Crippen LogP contribution in [-0.4, -0.2) is 166 Å². The first-order valence-electron chi connectivity index (χ1n) is 10.5. The van der Waals surface area contributed by atoms with Crippen LogP contribution in [0.25, 0.3) is 0 Å². The van der Waals surface area contributed by atoms with Crippen molar-refractivity contribution in [1.82, 2.24) is 0 Å². The third-order valence-electron chi connectivity index (χ3n) is 6.81. The van der Waals surface area contributed by atoms with Gasteiger partial charge in [-0.15, -0.1) is 0 Å². The number of ether oxygens (including phenoxy) is 4. The van der Waals surface area contributed by atoms with Gasteiger partial charge in [-0.25, -0.2) is 0 Å². The van der Waals surface area contributed by atoms with Crippen LogP contribution in [0.1, 0.15) is 6.92 Å². The van der Waals surface area contributed by atoms with Crippen LogP contribution in [0, 0.1) is 0 Å². The topological polar surface area (TPSA) is 280 Å². The molecule has 3 heterocycles. The predicted octanol–water partition coefficient (Wildman–Crippen LogP) is -7.84. The number of hydrogen-bond acceptors (Lipinski definition) is 16. The Morgan fingerprint density at radius 3 is 1.79 bits per heavy atom. The first kappa shape index (κ1) is 27.9. The first-order valence-corrected chi connectivity index (χ1v) is 10.5. The number of hydrogen-bond donors (Lipinski definition) is 12. The molecule has 3 aliphatic rings. The summed E-state index contributed by atoms with van der Waals surface area (Å²) >= 11 is 0. The van der Waals surface area contributed by atoms with E-state index in [0.29, 0.717) is 0 Å². The molecule has 16 nitrogen and oxygen atoms in total. The number of aliphatic hydroxyl groups excluding tert-OH is 10. The highest BCUT2D eigenvalue weighted by Crippen LogP contribution is 2.46. The summed E-state index contributed by atoms with van der Waals surface area (Å²) in [6, 6.07) is 0. The van der Waals surface area contributed by atoms with E-state index in [-0.39, 0.29) is 0 Å². The van der Waals surface area contributed by atoms with Gasteiger partial charge in [-0.3, -0.25) is 0 Å². The lowest BCUT2D eigenvalue weighted by Crippen LogP contribution is -2.84. The van der Waals surface area contributed by atoms with E-state index in [0.717, 1.165) is 6.92 Å². The molecule has 0 amide bonds. The van der Waals surface area contributed by atoms with E-state index in [2.05, 4.69) is 0 Å². The molecule has 12 N–H and O–H groups in total. The van der Waals surface area contributed by atoms with E-state index in [9.17, 15) is 61.3 Å². The molecule has 0 aliphatic carbocycles. The second kappa shape index (κ2) is 10.0. The van der Waals surface area contributed by atoms with E-state index < -0.39 is 104 Å². The minimum absolute atomic E-state index is 0.828. The van der Waals surface area contributed by atoms with Gasteiger partial charge >= 0.3 is 0 Å². The maximum Gasteiger partial charge on any atom is 0.187 e. The molecule has 16 heteroatoms. The molecule has 0 aromatic rings. The Labute approximate surface area is 192 Å². The van der Waals surface area contributed by atoms with E-state index in [1.54, 1.807) is 0 Å². The van der Waals surface area contributed by atoms with Gasteiger partial charge in [-0.1, -0.05) is 0 Å². The molecular weight excluding hydrogens is 472 g/mol. The average molecular weight is 504 g/mol. The molecule has 0 radical (unpaired) electrons. The Bertz CT molecular complexity index is 693. The molecule has 3 saturated heterocycles. The van der Waals surface area contributed by atoms with Crippen molar-refractivity contribution in [3.05, 3.63) is 0 Å². The second-order valence-corrected chi connectivity index (χ2v) is 8.70. The first-order chi connectivity index (χ1) is 15.8. The van der Waals surface area contributed by atoms with Crippen LogP contribution < -0.4 is 0 Å². The summed E-state index contributed by atoms with van der Waals surface area (Å²) in [4.78, 5) is 0. The van der Waals surface area contributed by atoms with Crippen molar-refractivity contribution < 1.29 is 80.2 Å². The second-order valence-electron chi connectivity index (χ2n) is 8.70. The summed E-state index contributed by atoms with van der Waals surface area (Å²) in [6.07, 6.45) is -25.7. The van der Waals surface area contributed by atoms with Gasteiger partial charge in [-0.05, 0) is 6.92 Å². The third kappa shape index (κ3) is 4.06. The fourth-order valence-corrected chi connectivity index (χ4v) is 4.74. The molecule has 3 fully saturated rings. The van der Waals surface area contributed by atoms with Crippen molar-refractivity contribution in [2.75, 3.05) is 13.2 Å². The molecule has 3 aliphatic heterocycles. The van der Waals surface area contributed by atoms with Crippen LogP contribution >= 0.6 is 0 Å². The Kier molecular flexibility index (Phi) is 8.23. The molecule has 34 heavy (non-hydrogen) atoms. The quantitative estimate of drug-likeness (QED) is 0.165. The summed E-state index contributed by atoms with van der Waals surface area (Å²) in [5.41, 5.74) is -6.15. The van der Waals surface area contributed by atoms with Crippen LogP contribution in [0.2, 0.25) is 0 Å². The Balaban J connectivity index is 1.91. The van der Waals surface area contributed by atoms with Gasteiger partial charge in [-0.2, -0.15) is 0 Å². The molecule has 0 bridgehead atoms. The zero-order chi connectivity index (χ0) is 25.7. The largest absolute Gasteiger partial charge is 0.394 e. The minimum atomic E-state index is -3.13. The highest BCUT2D eigenvalue weighted by atomic mass is 16.7. The Hall–Kier alpha value is -0.640. The maximum absolute atomic E-state index is 11.3. The van der Waals surface area contributed by atoms with Crippen LogP contribution in [0.3, 0.4) is 0 Å². The SMILES string of the molecule is C[C@@H]1OC(O)[C@@H](O)[C@H](O)[C@]1(O)[C@]1(O)[C@H](O)[C@@H](O)[C@H](O[C@H]2[C@H](O)C(O)C(O)O[C@@H]2CO)O[C@@H]1CO. The van der Waals surface area contributed by atoms with Crippen molar-refractivity contribution in [2.45, 2.75) is 98.0 Å². The zero-order valence-electron chi connectivity index (χ0n) is 17.9. The van der Waals surface area contributed by atoms with E-state index in [1.807, 2.05) is 0 Å². The lowest BCUT2D eigenvalue weighted by atomic mass is 9.64. The minimum Gasteiger partial charge on any atom is -0.394 e. The summed E-state index contributed by atoms with van der Waals surface area (Å²) < 4.78 is 20.5. The fraction of sp³-hybridized carbons (Fsp3) is 1.00. The van der Waals surface area contributed by atoms with Crippen molar-refractivity contribution in [1.29, 1.82) is 0 Å². The standard InChI is InChI=1S/C18H32O16/c1-4-17(29,12(25)9(23)15(28)31-4)18(30)6(3-20)33-16(10(24)13(18)26)34-11-5(2-19)32-14(27)8(22)7(11)21/h4-16,19-30H,2-3H2,1H3/t4-,5+,6+,7+,8?,9-,10+,11+,12-,13+,14?,15?,16-,17-,18+/m0/s1. The van der Waals surface area contributed by atoms with E-state index >= 15 is 0 Å². The molecule has 3 unspecified atom stereocenters. The Morgan fingerprint density at radius 2 is 1.24 bits per heavy atom. The summed E-state index contributed by atoms with van der Waals surface area (Å²) in [7, 11) is 0. The predicted molar refractivity (Wildman–Crippen MR) is 101 cm³/mol. The number of aliphatic hydroxyl groups is 12.